The summed E-state index contributed by atoms with van der Waals surface area (Å²) in [7, 11) is 0. The molecule has 2 atom stereocenters. The Kier molecular flexibility index (Phi) is 7.52. The lowest BCUT2D eigenvalue weighted by Crippen LogP contribution is -2.56. The second kappa shape index (κ2) is 10.9. The summed E-state index contributed by atoms with van der Waals surface area (Å²) in [5, 5.41) is 21.4. The molecule has 13 heteroatoms. The maximum absolute atomic E-state index is 13.6. The highest BCUT2D eigenvalue weighted by Gasteiger charge is 2.39. The summed E-state index contributed by atoms with van der Waals surface area (Å²) >= 11 is 6.53. The number of aromatic nitrogens is 2. The summed E-state index contributed by atoms with van der Waals surface area (Å²) in [4.78, 5) is 25.9. The molecular formula is C26H25ClF3N5O4. The fourth-order valence-corrected chi connectivity index (χ4v) is 4.99. The number of urea groups is 1. The second-order valence-corrected chi connectivity index (χ2v) is 9.75. The average Bonchev–Trinajstić information content (AvgIpc) is 2.92. The van der Waals surface area contributed by atoms with Crippen LogP contribution in [0.15, 0.2) is 48.8 Å². The maximum atomic E-state index is 13.6. The normalized spacial score (nSPS) is 17.4. The average molecular weight is 564 g/mol. The number of pyridine rings is 2. The van der Waals surface area contributed by atoms with Gasteiger partial charge in [-0.15, -0.1) is 0 Å². The molecule has 9 nitrogen and oxygen atoms in total. The van der Waals surface area contributed by atoms with Gasteiger partial charge in [0.15, 0.2) is 5.82 Å². The van der Waals surface area contributed by atoms with Crippen LogP contribution in [0.4, 0.5) is 35.2 Å². The monoisotopic (exact) mass is 563 g/mol. The molecule has 2 amide bonds. The van der Waals surface area contributed by atoms with Crippen LogP contribution < -0.4 is 19.9 Å². The predicted molar refractivity (Wildman–Crippen MR) is 139 cm³/mol. The minimum absolute atomic E-state index is 0.139. The third-order valence-electron chi connectivity index (χ3n) is 6.57. The van der Waals surface area contributed by atoms with E-state index < -0.39 is 30.5 Å². The van der Waals surface area contributed by atoms with Gasteiger partial charge in [0.05, 0.1) is 52.7 Å². The highest BCUT2D eigenvalue weighted by atomic mass is 35.5. The number of carbonyl (C=O) groups excluding carboxylic acids is 1. The van der Waals surface area contributed by atoms with Gasteiger partial charge in [-0.3, -0.25) is 9.88 Å². The molecule has 0 unspecified atom stereocenters. The molecular weight excluding hydrogens is 539 g/mol. The lowest BCUT2D eigenvalue weighted by molar-refractivity contribution is -0.137. The number of benzene rings is 1. The fourth-order valence-electron chi connectivity index (χ4n) is 4.74. The lowest BCUT2D eigenvalue weighted by Gasteiger charge is -2.46. The maximum Gasteiger partial charge on any atom is 0.416 e. The van der Waals surface area contributed by atoms with Crippen LogP contribution in [-0.4, -0.2) is 64.7 Å². The highest BCUT2D eigenvalue weighted by molar-refractivity contribution is 6.33. The Morgan fingerprint density at radius 3 is 2.85 bits per heavy atom. The first-order valence-corrected chi connectivity index (χ1v) is 12.6. The van der Waals surface area contributed by atoms with Gasteiger partial charge in [-0.2, -0.15) is 13.2 Å². The molecule has 2 aliphatic rings. The van der Waals surface area contributed by atoms with Crippen LogP contribution in [-0.2, 0) is 6.18 Å². The van der Waals surface area contributed by atoms with Gasteiger partial charge in [0.1, 0.15) is 18.5 Å². The summed E-state index contributed by atoms with van der Waals surface area (Å²) in [5.74, 6) is 0.576. The van der Waals surface area contributed by atoms with Crippen molar-refractivity contribution >= 4 is 34.8 Å². The van der Waals surface area contributed by atoms with Crippen molar-refractivity contribution < 1.29 is 32.9 Å². The van der Waals surface area contributed by atoms with E-state index in [1.807, 2.05) is 0 Å². The zero-order chi connectivity index (χ0) is 27.7. The summed E-state index contributed by atoms with van der Waals surface area (Å²) < 4.78 is 45.5. The quantitative estimate of drug-likeness (QED) is 0.403. The number of fused-ring (bicyclic) bond motifs is 4. The van der Waals surface area contributed by atoms with E-state index >= 15 is 0 Å². The van der Waals surface area contributed by atoms with E-state index in [1.54, 1.807) is 6.07 Å². The van der Waals surface area contributed by atoms with E-state index in [4.69, 9.17) is 21.4 Å². The van der Waals surface area contributed by atoms with Crippen molar-refractivity contribution in [2.24, 2.45) is 0 Å². The Morgan fingerprint density at radius 1 is 1.26 bits per heavy atom. The number of piperidine rings is 1. The molecule has 2 aromatic heterocycles. The molecule has 5 rings (SSSR count). The van der Waals surface area contributed by atoms with E-state index in [1.165, 1.54) is 35.5 Å². The molecule has 0 spiro atoms. The van der Waals surface area contributed by atoms with Crippen molar-refractivity contribution in [2.45, 2.75) is 31.2 Å². The summed E-state index contributed by atoms with van der Waals surface area (Å²) in [5.41, 5.74) is 0.438. The number of halogens is 4. The number of hydrogen-bond acceptors (Lipinski definition) is 7. The topological polar surface area (TPSA) is 111 Å². The molecule has 4 heterocycles. The number of anilines is 3. The van der Waals surface area contributed by atoms with Crippen molar-refractivity contribution in [1.29, 1.82) is 0 Å². The van der Waals surface area contributed by atoms with Crippen LogP contribution >= 0.6 is 11.6 Å². The molecule has 3 N–H and O–H groups in total. The second-order valence-electron chi connectivity index (χ2n) is 9.34. The molecule has 1 fully saturated rings. The number of hydrogen-bond donors (Lipinski definition) is 3. The number of alkyl halides is 3. The Bertz CT molecular complexity index is 1380. The Balaban J connectivity index is 1.48. The van der Waals surface area contributed by atoms with Crippen molar-refractivity contribution in [2.75, 3.05) is 41.4 Å². The van der Waals surface area contributed by atoms with Gasteiger partial charge in [0, 0.05) is 24.7 Å². The summed E-state index contributed by atoms with van der Waals surface area (Å²) in [6.45, 7) is 0.677. The number of ether oxygens (including phenoxy) is 1. The first-order chi connectivity index (χ1) is 18.6. The number of aliphatic hydroxyl groups excluding tert-OH is 2. The molecule has 3 aromatic rings. The predicted octanol–water partition coefficient (Wildman–Crippen LogP) is 4.57. The molecule has 39 heavy (non-hydrogen) atoms. The number of nitrogens with one attached hydrogen (secondary N) is 1. The number of amides is 2. The summed E-state index contributed by atoms with van der Waals surface area (Å²) in [6.07, 6.45) is -1.22. The zero-order valence-corrected chi connectivity index (χ0v) is 21.3. The minimum Gasteiger partial charge on any atom is -0.489 e. The SMILES string of the molecule is O=C(Nc1cncc(OC[C@H](O)CO)c1)N1c2nc(-c3cccc(C(F)(F)F)c3)c(Cl)cc2N2CCC[C@H]1C2. The molecule has 0 aliphatic carbocycles. The van der Waals surface area contributed by atoms with Crippen LogP contribution in [0, 0.1) is 0 Å². The van der Waals surface area contributed by atoms with Crippen LogP contribution in [0.25, 0.3) is 11.3 Å². The Labute approximate surface area is 226 Å². The third-order valence-corrected chi connectivity index (χ3v) is 6.85. The van der Waals surface area contributed by atoms with E-state index in [-0.39, 0.29) is 34.7 Å². The van der Waals surface area contributed by atoms with Crippen molar-refractivity contribution in [3.63, 3.8) is 0 Å². The smallest absolute Gasteiger partial charge is 0.416 e. The molecule has 0 radical (unpaired) electrons. The third kappa shape index (κ3) is 5.72. The van der Waals surface area contributed by atoms with Gasteiger partial charge in [0.2, 0.25) is 0 Å². The molecule has 2 aliphatic heterocycles. The standard InChI is InChI=1S/C26H25ClF3N5O4/c27-21-9-22-24(33-23(21)15-3-1-4-16(7-15)26(28,29)30)35(18-5-2-6-34(22)12-18)25(38)32-17-8-20(11-31-10-17)39-14-19(37)13-36/h1,3-4,7-11,18-19,36-37H,2,5-6,12-14H2,(H,32,38)/t18-,19+/m0/s1. The zero-order valence-electron chi connectivity index (χ0n) is 20.5. The molecule has 1 aromatic carbocycles. The van der Waals surface area contributed by atoms with Crippen LogP contribution in [0.1, 0.15) is 18.4 Å². The molecule has 1 saturated heterocycles. The van der Waals surface area contributed by atoms with Crippen LogP contribution in [0.5, 0.6) is 5.75 Å². The van der Waals surface area contributed by atoms with Gasteiger partial charge in [-0.05, 0) is 31.0 Å². The number of aliphatic hydroxyl groups is 2. The first-order valence-electron chi connectivity index (χ1n) is 12.2. The fraction of sp³-hybridized carbons (Fsp3) is 0.346. The van der Waals surface area contributed by atoms with Gasteiger partial charge >= 0.3 is 12.2 Å². The Hall–Kier alpha value is -3.61. The summed E-state index contributed by atoms with van der Waals surface area (Å²) in [6, 6.07) is 7.19. The van der Waals surface area contributed by atoms with E-state index in [0.717, 1.165) is 25.1 Å². The largest absolute Gasteiger partial charge is 0.489 e. The Morgan fingerprint density at radius 2 is 2.08 bits per heavy atom. The van der Waals surface area contributed by atoms with Gasteiger partial charge < -0.3 is 25.2 Å². The minimum atomic E-state index is -4.53. The lowest BCUT2D eigenvalue weighted by atomic mass is 9.99. The molecule has 206 valence electrons. The first kappa shape index (κ1) is 27.0. The number of carbonyl (C=O) groups is 1. The molecule has 0 saturated carbocycles. The van der Waals surface area contributed by atoms with Gasteiger partial charge in [0.25, 0.3) is 0 Å². The van der Waals surface area contributed by atoms with Crippen LogP contribution in [0.2, 0.25) is 5.02 Å². The number of nitrogens with zero attached hydrogens (tertiary/aromatic N) is 4. The van der Waals surface area contributed by atoms with Crippen molar-refractivity contribution in [3.05, 3.63) is 59.4 Å². The number of rotatable bonds is 6. The van der Waals surface area contributed by atoms with E-state index in [0.29, 0.717) is 30.2 Å². The van der Waals surface area contributed by atoms with E-state index in [2.05, 4.69) is 20.2 Å². The van der Waals surface area contributed by atoms with Crippen molar-refractivity contribution in [1.82, 2.24) is 9.97 Å². The van der Waals surface area contributed by atoms with Crippen molar-refractivity contribution in [3.8, 4) is 17.0 Å². The highest BCUT2D eigenvalue weighted by Crippen LogP contribution is 2.43. The molecule has 2 bridgehead atoms. The van der Waals surface area contributed by atoms with Crippen LogP contribution in [0.3, 0.4) is 0 Å². The van der Waals surface area contributed by atoms with E-state index in [9.17, 15) is 23.1 Å². The van der Waals surface area contributed by atoms with Gasteiger partial charge in [-0.25, -0.2) is 9.78 Å². The van der Waals surface area contributed by atoms with Gasteiger partial charge in [-0.1, -0.05) is 23.7 Å².